The second kappa shape index (κ2) is 9.23. The zero-order chi connectivity index (χ0) is 19.4. The molecule has 3 rings (SSSR count). The highest BCUT2D eigenvalue weighted by atomic mass is 127. The van der Waals surface area contributed by atoms with Crippen LogP contribution >= 0.6 is 38.5 Å². The van der Waals surface area contributed by atoms with E-state index in [-0.39, 0.29) is 11.9 Å². The summed E-state index contributed by atoms with van der Waals surface area (Å²) >= 11 is 5.81. The number of benzene rings is 2. The summed E-state index contributed by atoms with van der Waals surface area (Å²) in [6.07, 6.45) is 3.22. The third kappa shape index (κ3) is 6.16. The molecule has 5 heteroatoms. The lowest BCUT2D eigenvalue weighted by atomic mass is 9.82. The second-order valence-corrected chi connectivity index (χ2v) is 10.1. The summed E-state index contributed by atoms with van der Waals surface area (Å²) in [5.74, 6) is 0.611. The second-order valence-electron chi connectivity index (χ2n) is 8.02. The quantitative estimate of drug-likeness (QED) is 0.369. The van der Waals surface area contributed by atoms with Crippen molar-refractivity contribution in [2.24, 2.45) is 5.41 Å². The minimum atomic E-state index is -0.239. The summed E-state index contributed by atoms with van der Waals surface area (Å²) in [6.45, 7) is 7.95. The maximum absolute atomic E-state index is 13.6. The summed E-state index contributed by atoms with van der Waals surface area (Å²) in [5, 5.41) is 0. The zero-order valence-electron chi connectivity index (χ0n) is 15.9. The third-order valence-electron chi connectivity index (χ3n) is 5.30. The summed E-state index contributed by atoms with van der Waals surface area (Å²) in [6, 6.07) is 12.9. The van der Waals surface area contributed by atoms with Crippen LogP contribution in [-0.4, -0.2) is 24.5 Å². The fraction of sp³-hybridized carbons (Fsp3) is 0.455. The van der Waals surface area contributed by atoms with Crippen molar-refractivity contribution in [2.45, 2.75) is 39.2 Å². The van der Waals surface area contributed by atoms with Gasteiger partial charge in [0.2, 0.25) is 0 Å². The summed E-state index contributed by atoms with van der Waals surface area (Å²) in [4.78, 5) is 2.52. The van der Waals surface area contributed by atoms with E-state index >= 15 is 0 Å². The maximum Gasteiger partial charge on any atom is 0.126 e. The van der Waals surface area contributed by atoms with Gasteiger partial charge < -0.3 is 9.64 Å². The lowest BCUT2D eigenvalue weighted by molar-refractivity contribution is 0.109. The summed E-state index contributed by atoms with van der Waals surface area (Å²) < 4.78 is 21.8. The topological polar surface area (TPSA) is 12.5 Å². The van der Waals surface area contributed by atoms with Crippen molar-refractivity contribution >= 4 is 38.5 Å². The van der Waals surface area contributed by atoms with E-state index in [0.717, 1.165) is 45.4 Å². The third-order valence-corrected chi connectivity index (χ3v) is 6.66. The lowest BCUT2D eigenvalue weighted by Gasteiger charge is -2.37. The van der Waals surface area contributed by atoms with E-state index in [2.05, 4.69) is 57.3 Å². The lowest BCUT2D eigenvalue weighted by Crippen LogP contribution is -2.38. The largest absolute Gasteiger partial charge is 0.486 e. The molecule has 2 nitrogen and oxygen atoms in total. The zero-order valence-corrected chi connectivity index (χ0v) is 19.6. The van der Waals surface area contributed by atoms with Crippen molar-refractivity contribution in [1.29, 1.82) is 0 Å². The van der Waals surface area contributed by atoms with E-state index in [9.17, 15) is 4.39 Å². The number of piperidine rings is 1. The van der Waals surface area contributed by atoms with Crippen LogP contribution in [0.5, 0.6) is 5.75 Å². The normalized spacial score (nSPS) is 18.3. The molecule has 0 spiro atoms. The Labute approximate surface area is 183 Å². The summed E-state index contributed by atoms with van der Waals surface area (Å²) in [7, 11) is 0. The molecule has 0 radical (unpaired) electrons. The van der Waals surface area contributed by atoms with Crippen LogP contribution < -0.4 is 4.74 Å². The Morgan fingerprint density at radius 2 is 1.93 bits per heavy atom. The van der Waals surface area contributed by atoms with Gasteiger partial charge in [-0.25, -0.2) is 4.39 Å². The molecule has 1 unspecified atom stereocenters. The molecule has 27 heavy (non-hydrogen) atoms. The van der Waals surface area contributed by atoms with Gasteiger partial charge in [-0.2, -0.15) is 0 Å². The highest BCUT2D eigenvalue weighted by molar-refractivity contribution is 14.1. The van der Waals surface area contributed by atoms with E-state index < -0.39 is 0 Å². The monoisotopic (exact) mass is 545 g/mol. The molecule has 0 amide bonds. The van der Waals surface area contributed by atoms with Crippen LogP contribution in [0.1, 0.15) is 44.8 Å². The summed E-state index contributed by atoms with van der Waals surface area (Å²) in [5.41, 5.74) is 1.44. The Balaban J connectivity index is 1.73. The SMILES string of the molecule is CC1(C)CCN(CCC(Oc2cccc(I)c2)c2ccc(F)cc2Br)CC1. The van der Waals surface area contributed by atoms with Crippen molar-refractivity contribution in [1.82, 2.24) is 4.90 Å². The highest BCUT2D eigenvalue weighted by Gasteiger charge is 2.26. The van der Waals surface area contributed by atoms with E-state index in [4.69, 9.17) is 4.74 Å². The number of halogens is 3. The molecule has 0 bridgehead atoms. The Morgan fingerprint density at radius 3 is 2.59 bits per heavy atom. The van der Waals surface area contributed by atoms with Crippen molar-refractivity contribution < 1.29 is 9.13 Å². The fourth-order valence-electron chi connectivity index (χ4n) is 3.43. The Kier molecular flexibility index (Phi) is 7.20. The minimum Gasteiger partial charge on any atom is -0.486 e. The molecule has 0 saturated carbocycles. The van der Waals surface area contributed by atoms with Crippen molar-refractivity contribution in [3.8, 4) is 5.75 Å². The van der Waals surface area contributed by atoms with Crippen molar-refractivity contribution in [3.05, 3.63) is 61.9 Å². The molecule has 1 aliphatic heterocycles. The number of hydrogen-bond donors (Lipinski definition) is 0. The first-order valence-electron chi connectivity index (χ1n) is 9.42. The van der Waals surface area contributed by atoms with Crippen LogP contribution in [0.3, 0.4) is 0 Å². The van der Waals surface area contributed by atoms with Gasteiger partial charge in [-0.05, 0) is 84.3 Å². The Morgan fingerprint density at radius 1 is 1.19 bits per heavy atom. The molecule has 1 saturated heterocycles. The van der Waals surface area contributed by atoms with Crippen LogP contribution in [0.25, 0.3) is 0 Å². The van der Waals surface area contributed by atoms with Crippen LogP contribution in [0, 0.1) is 14.8 Å². The first-order chi connectivity index (χ1) is 12.8. The van der Waals surface area contributed by atoms with Gasteiger partial charge in [-0.3, -0.25) is 0 Å². The molecule has 146 valence electrons. The van der Waals surface area contributed by atoms with Crippen molar-refractivity contribution in [3.63, 3.8) is 0 Å². The molecule has 1 fully saturated rings. The Hall–Kier alpha value is -0.660. The number of nitrogens with zero attached hydrogens (tertiary/aromatic N) is 1. The van der Waals surface area contributed by atoms with Gasteiger partial charge >= 0.3 is 0 Å². The van der Waals surface area contributed by atoms with Crippen molar-refractivity contribution in [2.75, 3.05) is 19.6 Å². The molecule has 0 aliphatic carbocycles. The number of rotatable bonds is 6. The molecular formula is C22H26BrFINO. The Bertz CT molecular complexity index is 773. The predicted octanol–water partition coefficient (Wildman–Crippen LogP) is 6.83. The molecule has 1 heterocycles. The number of hydrogen-bond acceptors (Lipinski definition) is 2. The van der Waals surface area contributed by atoms with E-state index in [1.165, 1.54) is 25.0 Å². The molecule has 2 aromatic rings. The van der Waals surface area contributed by atoms with Gasteiger partial charge in [0.15, 0.2) is 0 Å². The van der Waals surface area contributed by atoms with Gasteiger partial charge in [-0.15, -0.1) is 0 Å². The highest BCUT2D eigenvalue weighted by Crippen LogP contribution is 2.33. The van der Waals surface area contributed by atoms with Gasteiger partial charge in [0.05, 0.1) is 0 Å². The smallest absolute Gasteiger partial charge is 0.126 e. The molecular weight excluding hydrogens is 520 g/mol. The standard InChI is InChI=1S/C22H26BrFINO/c1-22(2)9-12-26(13-10-22)11-8-21(19-7-6-16(24)14-20(19)23)27-18-5-3-4-17(25)15-18/h3-7,14-15,21H,8-13H2,1-2H3. The molecule has 2 aromatic carbocycles. The minimum absolute atomic E-state index is 0.117. The first kappa shape index (κ1) is 21.1. The average molecular weight is 546 g/mol. The van der Waals surface area contributed by atoms with Crippen LogP contribution in [-0.2, 0) is 0 Å². The molecule has 1 atom stereocenters. The van der Waals surface area contributed by atoms with Gasteiger partial charge in [0, 0.05) is 26.6 Å². The van der Waals surface area contributed by atoms with Gasteiger partial charge in [0.25, 0.3) is 0 Å². The van der Waals surface area contributed by atoms with Gasteiger partial charge in [0.1, 0.15) is 17.7 Å². The van der Waals surface area contributed by atoms with E-state index in [1.807, 2.05) is 30.3 Å². The van der Waals surface area contributed by atoms with Crippen LogP contribution in [0.2, 0.25) is 0 Å². The van der Waals surface area contributed by atoms with E-state index in [1.54, 1.807) is 0 Å². The fourth-order valence-corrected chi connectivity index (χ4v) is 4.55. The molecule has 0 aromatic heterocycles. The average Bonchev–Trinajstić information content (AvgIpc) is 2.60. The maximum atomic E-state index is 13.6. The number of ether oxygens (including phenoxy) is 1. The molecule has 0 N–H and O–H groups in total. The van der Waals surface area contributed by atoms with E-state index in [0.29, 0.717) is 5.41 Å². The van der Waals surface area contributed by atoms with Gasteiger partial charge in [-0.1, -0.05) is 41.9 Å². The molecule has 1 aliphatic rings. The predicted molar refractivity (Wildman–Crippen MR) is 121 cm³/mol. The van der Waals surface area contributed by atoms with Crippen LogP contribution in [0.15, 0.2) is 46.9 Å². The van der Waals surface area contributed by atoms with Crippen LogP contribution in [0.4, 0.5) is 4.39 Å². The number of likely N-dealkylation sites (tertiary alicyclic amines) is 1. The first-order valence-corrected chi connectivity index (χ1v) is 11.3.